The summed E-state index contributed by atoms with van der Waals surface area (Å²) in [5.41, 5.74) is 16.8. The molecule has 0 atom stereocenters. The van der Waals surface area contributed by atoms with Gasteiger partial charge in [0, 0.05) is 54.8 Å². The van der Waals surface area contributed by atoms with E-state index in [4.69, 9.17) is 8.83 Å². The molecule has 0 unspecified atom stereocenters. The first kappa shape index (κ1) is 42.6. The van der Waals surface area contributed by atoms with Crippen molar-refractivity contribution < 1.29 is 8.83 Å². The van der Waals surface area contributed by atoms with Gasteiger partial charge in [0.1, 0.15) is 11.2 Å². The Hall–Kier alpha value is -9.90. The van der Waals surface area contributed by atoms with Gasteiger partial charge in [0.15, 0.2) is 11.2 Å². The van der Waals surface area contributed by atoms with Gasteiger partial charge in [-0.15, -0.1) is 0 Å². The normalized spacial score (nSPS) is 12.6. The highest BCUT2D eigenvalue weighted by atomic mass is 16.3. The first-order chi connectivity index (χ1) is 37.7. The predicted octanol–water partition coefficient (Wildman–Crippen LogP) is 20.8. The molecule has 0 bridgehead atoms. The SMILES string of the molecule is C1=Cc2c(cc(-c3ccccc3)c3oc4c(N(c5ccccc5)c5ccc6ccc7c(N(c8ccccc8)c8cccc9c8oc8c(-c%10ccccc%10)cc%10ccccc%10c89)ccc8ccc5c6c87)cccc4c23)CC1. The first-order valence-electron chi connectivity index (χ1n) is 26.3. The van der Waals surface area contributed by atoms with Crippen LogP contribution in [0.1, 0.15) is 17.5 Å². The van der Waals surface area contributed by atoms with Crippen LogP contribution in [0.5, 0.6) is 0 Å². The Balaban J connectivity index is 0.936. The maximum absolute atomic E-state index is 7.32. The summed E-state index contributed by atoms with van der Waals surface area (Å²) < 4.78 is 14.6. The van der Waals surface area contributed by atoms with Crippen molar-refractivity contribution in [1.29, 1.82) is 0 Å². The number of para-hydroxylation sites is 4. The standard InChI is InChI=1S/C72H46N2O2/c1-5-19-45(20-6-1)59-43-49-23-13-15-29-53(49)67-57-31-17-33-63(69(57)75-71(59)67)73(51-25-9-3-10-26-51)61-41-37-47-36-40-56-62(42-38-48-35-39-55(61)65(47)66(48)56)74(52-27-11-4-12-28-52)64-34-18-32-58-68-54-30-16-14-24-50(54)44-60(72(68)76-70(58)64)46-21-7-2-8-22-46/h1-13,15-23,25-44H,14,24H2. The number of anilines is 6. The highest BCUT2D eigenvalue weighted by Gasteiger charge is 2.28. The van der Waals surface area contributed by atoms with Gasteiger partial charge in [-0.1, -0.05) is 194 Å². The maximum atomic E-state index is 7.32. The average molecular weight is 971 g/mol. The van der Waals surface area contributed by atoms with Crippen LogP contribution in [0, 0.1) is 0 Å². The molecule has 0 N–H and O–H groups in total. The van der Waals surface area contributed by atoms with Gasteiger partial charge in [-0.05, 0) is 128 Å². The van der Waals surface area contributed by atoms with Crippen LogP contribution >= 0.6 is 0 Å². The molecule has 0 amide bonds. The van der Waals surface area contributed by atoms with Gasteiger partial charge in [0.2, 0.25) is 0 Å². The molecule has 0 radical (unpaired) electrons. The van der Waals surface area contributed by atoms with Gasteiger partial charge in [0.25, 0.3) is 0 Å². The minimum atomic E-state index is 0.841. The van der Waals surface area contributed by atoms with E-state index >= 15 is 0 Å². The minimum Gasteiger partial charge on any atom is -0.453 e. The fourth-order valence-corrected chi connectivity index (χ4v) is 12.7. The molecule has 1 aliphatic carbocycles. The van der Waals surface area contributed by atoms with Crippen molar-refractivity contribution >= 4 is 127 Å². The van der Waals surface area contributed by atoms with Crippen molar-refractivity contribution in [3.05, 3.63) is 260 Å². The number of hydrogen-bond acceptors (Lipinski definition) is 4. The lowest BCUT2D eigenvalue weighted by Crippen LogP contribution is -2.11. The van der Waals surface area contributed by atoms with Gasteiger partial charge in [-0.2, -0.15) is 0 Å². The summed E-state index contributed by atoms with van der Waals surface area (Å²) >= 11 is 0. The lowest BCUT2D eigenvalue weighted by atomic mass is 9.89. The Bertz CT molecular complexity index is 4800. The van der Waals surface area contributed by atoms with Crippen LogP contribution in [0.25, 0.3) is 115 Å². The lowest BCUT2D eigenvalue weighted by molar-refractivity contribution is 0.669. The number of fused-ring (bicyclic) bond motifs is 10. The summed E-state index contributed by atoms with van der Waals surface area (Å²) in [5, 5.41) is 13.9. The van der Waals surface area contributed by atoms with Gasteiger partial charge < -0.3 is 18.6 Å². The number of aryl methyl sites for hydroxylation is 1. The lowest BCUT2D eigenvalue weighted by Gasteiger charge is -2.29. The molecule has 0 aliphatic heterocycles. The fourth-order valence-electron chi connectivity index (χ4n) is 12.7. The van der Waals surface area contributed by atoms with Crippen molar-refractivity contribution in [2.45, 2.75) is 12.8 Å². The van der Waals surface area contributed by atoms with E-state index in [9.17, 15) is 0 Å². The molecule has 2 aromatic heterocycles. The molecule has 0 spiro atoms. The Morgan fingerprint density at radius 3 is 1.37 bits per heavy atom. The van der Waals surface area contributed by atoms with E-state index in [2.05, 4.69) is 265 Å². The summed E-state index contributed by atoms with van der Waals surface area (Å²) in [4.78, 5) is 4.81. The zero-order chi connectivity index (χ0) is 49.8. The third-order valence-corrected chi connectivity index (χ3v) is 16.0. The second kappa shape index (κ2) is 16.8. The number of benzene rings is 13. The molecule has 4 heteroatoms. The Labute approximate surface area is 438 Å². The van der Waals surface area contributed by atoms with Gasteiger partial charge in [0.05, 0.1) is 22.7 Å². The largest absolute Gasteiger partial charge is 0.453 e. The summed E-state index contributed by atoms with van der Waals surface area (Å²) in [5.74, 6) is 0. The molecular formula is C72H46N2O2. The molecule has 0 saturated carbocycles. The molecule has 1 aliphatic rings. The van der Waals surface area contributed by atoms with Crippen LogP contribution < -0.4 is 9.80 Å². The molecule has 0 fully saturated rings. The molecule has 15 aromatic rings. The smallest absolute Gasteiger partial charge is 0.159 e. The van der Waals surface area contributed by atoms with Crippen LogP contribution in [-0.4, -0.2) is 0 Å². The average Bonchev–Trinajstić information content (AvgIpc) is 4.19. The number of furan rings is 2. The quantitative estimate of drug-likeness (QED) is 0.142. The van der Waals surface area contributed by atoms with Gasteiger partial charge in [-0.3, -0.25) is 0 Å². The summed E-state index contributed by atoms with van der Waals surface area (Å²) in [7, 11) is 0. The van der Waals surface area contributed by atoms with Crippen LogP contribution in [-0.2, 0) is 6.42 Å². The molecule has 2 heterocycles. The highest BCUT2D eigenvalue weighted by molar-refractivity contribution is 6.30. The number of hydrogen-bond donors (Lipinski definition) is 0. The molecule has 13 aromatic carbocycles. The van der Waals surface area contributed by atoms with E-state index in [1.54, 1.807) is 0 Å². The van der Waals surface area contributed by atoms with Crippen LogP contribution in [0.2, 0.25) is 0 Å². The number of rotatable bonds is 8. The molecule has 0 saturated heterocycles. The third-order valence-electron chi connectivity index (χ3n) is 16.0. The van der Waals surface area contributed by atoms with Crippen molar-refractivity contribution in [2.24, 2.45) is 0 Å². The second-order valence-corrected chi connectivity index (χ2v) is 20.2. The zero-order valence-electron chi connectivity index (χ0n) is 41.4. The fraction of sp³-hybridized carbons (Fsp3) is 0.0278. The van der Waals surface area contributed by atoms with Crippen LogP contribution in [0.15, 0.2) is 258 Å². The highest BCUT2D eigenvalue weighted by Crippen LogP contribution is 2.52. The minimum absolute atomic E-state index is 0.841. The molecule has 4 nitrogen and oxygen atoms in total. The Morgan fingerprint density at radius 2 is 0.789 bits per heavy atom. The first-order valence-corrected chi connectivity index (χ1v) is 26.3. The Morgan fingerprint density at radius 1 is 0.316 bits per heavy atom. The summed E-state index contributed by atoms with van der Waals surface area (Å²) in [6, 6.07) is 87.8. The molecule has 16 rings (SSSR count). The molecule has 76 heavy (non-hydrogen) atoms. The molecular weight excluding hydrogens is 925 g/mol. The second-order valence-electron chi connectivity index (χ2n) is 20.2. The van der Waals surface area contributed by atoms with Crippen LogP contribution in [0.3, 0.4) is 0 Å². The van der Waals surface area contributed by atoms with E-state index in [1.165, 1.54) is 48.8 Å². The monoisotopic (exact) mass is 970 g/mol. The zero-order valence-corrected chi connectivity index (χ0v) is 41.4. The maximum Gasteiger partial charge on any atom is 0.159 e. The van der Waals surface area contributed by atoms with E-state index in [-0.39, 0.29) is 0 Å². The van der Waals surface area contributed by atoms with E-state index in [0.717, 1.165) is 118 Å². The van der Waals surface area contributed by atoms with Gasteiger partial charge in [-0.25, -0.2) is 0 Å². The summed E-state index contributed by atoms with van der Waals surface area (Å²) in [6.07, 6.45) is 6.64. The van der Waals surface area contributed by atoms with E-state index < -0.39 is 0 Å². The number of nitrogens with zero attached hydrogens (tertiary/aromatic N) is 2. The van der Waals surface area contributed by atoms with Crippen molar-refractivity contribution in [3.63, 3.8) is 0 Å². The third kappa shape index (κ3) is 6.37. The van der Waals surface area contributed by atoms with Crippen LogP contribution in [0.4, 0.5) is 34.1 Å². The van der Waals surface area contributed by atoms with E-state index in [0.29, 0.717) is 0 Å². The van der Waals surface area contributed by atoms with Gasteiger partial charge >= 0.3 is 0 Å². The molecule has 356 valence electrons. The van der Waals surface area contributed by atoms with Crippen molar-refractivity contribution in [3.8, 4) is 22.3 Å². The Kier molecular flexibility index (Phi) is 9.43. The van der Waals surface area contributed by atoms with E-state index in [1.807, 2.05) is 0 Å². The predicted molar refractivity (Wildman–Crippen MR) is 320 cm³/mol. The van der Waals surface area contributed by atoms with Crippen molar-refractivity contribution in [2.75, 3.05) is 9.80 Å². The number of allylic oxidation sites excluding steroid dienone is 1. The van der Waals surface area contributed by atoms with Crippen molar-refractivity contribution in [1.82, 2.24) is 0 Å². The summed E-state index contributed by atoms with van der Waals surface area (Å²) in [6.45, 7) is 0. The topological polar surface area (TPSA) is 32.8 Å².